The van der Waals surface area contributed by atoms with Crippen molar-refractivity contribution in [3.05, 3.63) is 46.4 Å². The number of aromatic nitrogens is 2. The summed E-state index contributed by atoms with van der Waals surface area (Å²) < 4.78 is 2.75. The summed E-state index contributed by atoms with van der Waals surface area (Å²) in [5.74, 6) is 0.438. The molecule has 0 amide bonds. The van der Waals surface area contributed by atoms with E-state index >= 15 is 0 Å². The first kappa shape index (κ1) is 11.7. The highest BCUT2D eigenvalue weighted by Gasteiger charge is 2.14. The van der Waals surface area contributed by atoms with Gasteiger partial charge in [0.05, 0.1) is 10.2 Å². The number of alkyl halides is 1. The Morgan fingerprint density at radius 1 is 1.44 bits per heavy atom. The van der Waals surface area contributed by atoms with Crippen LogP contribution in [0.25, 0.3) is 15.2 Å². The maximum Gasteiger partial charge on any atom is 0.262 e. The number of benzene rings is 1. The van der Waals surface area contributed by atoms with Gasteiger partial charge in [0.25, 0.3) is 5.56 Å². The van der Waals surface area contributed by atoms with Crippen LogP contribution >= 0.6 is 22.9 Å². The number of fused-ring (bicyclic) bond motifs is 3. The molecule has 5 heteroatoms. The molecular formula is C13H11ClN2OS. The van der Waals surface area contributed by atoms with E-state index in [0.29, 0.717) is 11.4 Å². The van der Waals surface area contributed by atoms with Crippen molar-refractivity contribution in [2.75, 3.05) is 5.88 Å². The molecule has 1 atom stereocenters. The molecule has 92 valence electrons. The minimum absolute atomic E-state index is 0.00870. The van der Waals surface area contributed by atoms with Crippen LogP contribution in [0.4, 0.5) is 0 Å². The van der Waals surface area contributed by atoms with Gasteiger partial charge < -0.3 is 0 Å². The van der Waals surface area contributed by atoms with E-state index in [2.05, 4.69) is 4.98 Å². The molecule has 0 radical (unpaired) electrons. The van der Waals surface area contributed by atoms with Gasteiger partial charge in [0.1, 0.15) is 0 Å². The zero-order valence-electron chi connectivity index (χ0n) is 9.76. The summed E-state index contributed by atoms with van der Waals surface area (Å²) in [5.41, 5.74) is 1.58. The maximum atomic E-state index is 12.5. The lowest BCUT2D eigenvalue weighted by Crippen LogP contribution is -2.20. The topological polar surface area (TPSA) is 34.4 Å². The fraction of sp³-hybridized carbons (Fsp3) is 0.231. The highest BCUT2D eigenvalue weighted by molar-refractivity contribution is 7.23. The minimum atomic E-state index is -0.00870. The number of thiazole rings is 1. The molecule has 0 aliphatic heterocycles. The molecule has 2 heterocycles. The minimum Gasteiger partial charge on any atom is -0.269 e. The molecule has 0 aliphatic carbocycles. The van der Waals surface area contributed by atoms with Gasteiger partial charge >= 0.3 is 0 Å². The zero-order valence-corrected chi connectivity index (χ0v) is 11.3. The molecule has 0 spiro atoms. The first-order chi connectivity index (χ1) is 8.72. The summed E-state index contributed by atoms with van der Waals surface area (Å²) in [6.07, 6.45) is 1.65. The molecular weight excluding hydrogens is 268 g/mol. The second-order valence-electron chi connectivity index (χ2n) is 4.26. The van der Waals surface area contributed by atoms with Gasteiger partial charge in [-0.25, -0.2) is 4.98 Å². The van der Waals surface area contributed by atoms with Crippen molar-refractivity contribution in [3.63, 3.8) is 0 Å². The lowest BCUT2D eigenvalue weighted by atomic mass is 10.1. The van der Waals surface area contributed by atoms with Crippen molar-refractivity contribution in [3.8, 4) is 0 Å². The van der Waals surface area contributed by atoms with Crippen LogP contribution in [0.15, 0.2) is 35.3 Å². The second-order valence-corrected chi connectivity index (χ2v) is 5.58. The van der Waals surface area contributed by atoms with Crippen LogP contribution in [0.1, 0.15) is 18.4 Å². The summed E-state index contributed by atoms with van der Waals surface area (Å²) in [7, 11) is 0. The zero-order chi connectivity index (χ0) is 12.7. The van der Waals surface area contributed by atoms with E-state index in [1.165, 1.54) is 11.3 Å². The summed E-state index contributed by atoms with van der Waals surface area (Å²) in [6, 6.07) is 7.83. The van der Waals surface area contributed by atoms with Crippen molar-refractivity contribution in [2.45, 2.75) is 12.8 Å². The standard InChI is InChI=1S/C13H11ClN2OS/c1-8(6-14)9-7-15-13-16(12(9)17)10-4-2-3-5-11(10)18-13/h2-5,7-8H,6H2,1H3. The summed E-state index contributed by atoms with van der Waals surface area (Å²) >= 11 is 7.35. The van der Waals surface area contributed by atoms with Gasteiger partial charge in [0.15, 0.2) is 4.96 Å². The smallest absolute Gasteiger partial charge is 0.262 e. The molecule has 0 N–H and O–H groups in total. The number of hydrogen-bond acceptors (Lipinski definition) is 3. The molecule has 3 aromatic rings. The highest BCUT2D eigenvalue weighted by Crippen LogP contribution is 2.24. The van der Waals surface area contributed by atoms with Gasteiger partial charge in [-0.15, -0.1) is 11.6 Å². The molecule has 18 heavy (non-hydrogen) atoms. The van der Waals surface area contributed by atoms with E-state index in [-0.39, 0.29) is 11.5 Å². The number of para-hydroxylation sites is 1. The van der Waals surface area contributed by atoms with Crippen molar-refractivity contribution >= 4 is 38.1 Å². The monoisotopic (exact) mass is 278 g/mol. The second kappa shape index (κ2) is 4.37. The largest absolute Gasteiger partial charge is 0.269 e. The number of halogens is 1. The van der Waals surface area contributed by atoms with Crippen LogP contribution in [0.3, 0.4) is 0 Å². The van der Waals surface area contributed by atoms with Crippen molar-refractivity contribution in [1.82, 2.24) is 9.38 Å². The summed E-state index contributed by atoms with van der Waals surface area (Å²) in [5, 5.41) is 0. The van der Waals surface area contributed by atoms with Crippen LogP contribution in [0, 0.1) is 0 Å². The molecule has 3 nitrogen and oxygen atoms in total. The third-order valence-corrected chi connectivity index (χ3v) is 4.52. The van der Waals surface area contributed by atoms with E-state index in [1.54, 1.807) is 10.6 Å². The van der Waals surface area contributed by atoms with Gasteiger partial charge in [-0.1, -0.05) is 30.4 Å². The Balaban J connectivity index is 2.43. The Kier molecular flexibility index (Phi) is 2.84. The first-order valence-electron chi connectivity index (χ1n) is 5.67. The van der Waals surface area contributed by atoms with Crippen LogP contribution < -0.4 is 5.56 Å². The molecule has 0 fully saturated rings. The third kappa shape index (κ3) is 1.64. The van der Waals surface area contributed by atoms with Gasteiger partial charge in [-0.05, 0) is 12.1 Å². The molecule has 0 aliphatic rings. The van der Waals surface area contributed by atoms with Gasteiger partial charge in [0, 0.05) is 23.6 Å². The van der Waals surface area contributed by atoms with E-state index in [1.807, 2.05) is 31.2 Å². The summed E-state index contributed by atoms with van der Waals surface area (Å²) in [6.45, 7) is 1.94. The lowest BCUT2D eigenvalue weighted by molar-refractivity contribution is 0.836. The van der Waals surface area contributed by atoms with Crippen molar-refractivity contribution < 1.29 is 0 Å². The lowest BCUT2D eigenvalue weighted by Gasteiger charge is -2.06. The quantitative estimate of drug-likeness (QED) is 0.675. The maximum absolute atomic E-state index is 12.5. The Morgan fingerprint density at radius 3 is 3.00 bits per heavy atom. The third-order valence-electron chi connectivity index (χ3n) is 3.03. The van der Waals surface area contributed by atoms with E-state index < -0.39 is 0 Å². The van der Waals surface area contributed by atoms with Crippen molar-refractivity contribution in [1.29, 1.82) is 0 Å². The van der Waals surface area contributed by atoms with E-state index in [4.69, 9.17) is 11.6 Å². The van der Waals surface area contributed by atoms with Gasteiger partial charge in [0.2, 0.25) is 0 Å². The Morgan fingerprint density at radius 2 is 2.22 bits per heavy atom. The predicted molar refractivity (Wildman–Crippen MR) is 76.0 cm³/mol. The average Bonchev–Trinajstić information content (AvgIpc) is 2.77. The fourth-order valence-electron chi connectivity index (χ4n) is 1.99. The summed E-state index contributed by atoms with van der Waals surface area (Å²) in [4.78, 5) is 17.6. The molecule has 0 saturated carbocycles. The fourth-order valence-corrected chi connectivity index (χ4v) is 3.14. The number of nitrogens with zero attached hydrogens (tertiary/aromatic N) is 2. The predicted octanol–water partition coefficient (Wildman–Crippen LogP) is 3.25. The Labute approximate surface area is 113 Å². The Bertz CT molecular complexity index is 777. The molecule has 2 aromatic heterocycles. The molecule has 3 rings (SSSR count). The highest BCUT2D eigenvalue weighted by atomic mass is 35.5. The van der Waals surface area contributed by atoms with Crippen LogP contribution in [-0.2, 0) is 0 Å². The Hall–Kier alpha value is -1.39. The number of rotatable bonds is 2. The van der Waals surface area contributed by atoms with Gasteiger partial charge in [-0.2, -0.15) is 0 Å². The molecule has 0 bridgehead atoms. The molecule has 1 aromatic carbocycles. The van der Waals surface area contributed by atoms with E-state index in [9.17, 15) is 4.79 Å². The van der Waals surface area contributed by atoms with Crippen LogP contribution in [-0.4, -0.2) is 15.3 Å². The van der Waals surface area contributed by atoms with Crippen molar-refractivity contribution in [2.24, 2.45) is 0 Å². The SMILES string of the molecule is CC(CCl)c1cnc2sc3ccccc3n2c1=O. The van der Waals surface area contributed by atoms with Crippen LogP contribution in [0.2, 0.25) is 0 Å². The van der Waals surface area contributed by atoms with E-state index in [0.717, 1.165) is 15.2 Å². The average molecular weight is 279 g/mol. The first-order valence-corrected chi connectivity index (χ1v) is 7.02. The molecule has 1 unspecified atom stereocenters. The van der Waals surface area contributed by atoms with Crippen LogP contribution in [0.5, 0.6) is 0 Å². The normalized spacial score (nSPS) is 13.2. The molecule has 0 saturated heterocycles. The number of hydrogen-bond donors (Lipinski definition) is 0. The van der Waals surface area contributed by atoms with Gasteiger partial charge in [-0.3, -0.25) is 9.20 Å².